The molecular formula is C20H33NO. The predicted octanol–water partition coefficient (Wildman–Crippen LogP) is 5.26. The van der Waals surface area contributed by atoms with Gasteiger partial charge in [-0.05, 0) is 30.5 Å². The molecule has 2 nitrogen and oxygen atoms in total. The molecule has 1 rings (SSSR count). The Labute approximate surface area is 137 Å². The van der Waals surface area contributed by atoms with Gasteiger partial charge in [-0.1, -0.05) is 70.0 Å². The van der Waals surface area contributed by atoms with E-state index < -0.39 is 0 Å². The summed E-state index contributed by atoms with van der Waals surface area (Å²) in [6.45, 7) is 10.5. The quantitative estimate of drug-likeness (QED) is 0.522. The Morgan fingerprint density at radius 2 is 1.68 bits per heavy atom. The van der Waals surface area contributed by atoms with Crippen LogP contribution in [0.15, 0.2) is 42.6 Å². The standard InChI is InChI=1S/C20H33NO/c1-4-6-14-21(15-7-5-2)16-13-19(3)17-22-18-20-11-9-8-10-12-20/h8-13,16,19H,4-7,14-15,17-18H2,1-3H3/b16-13+/t19-/m1/s1. The molecule has 2 heteroatoms. The summed E-state index contributed by atoms with van der Waals surface area (Å²) in [7, 11) is 0. The van der Waals surface area contributed by atoms with Crippen LogP contribution in [-0.4, -0.2) is 24.6 Å². The summed E-state index contributed by atoms with van der Waals surface area (Å²) in [5.74, 6) is 0.453. The van der Waals surface area contributed by atoms with Crippen molar-refractivity contribution in [3.8, 4) is 0 Å². The minimum atomic E-state index is 0.453. The summed E-state index contributed by atoms with van der Waals surface area (Å²) in [4.78, 5) is 2.46. The van der Waals surface area contributed by atoms with Gasteiger partial charge in [0, 0.05) is 13.1 Å². The molecule has 124 valence electrons. The van der Waals surface area contributed by atoms with Gasteiger partial charge in [0.1, 0.15) is 0 Å². The van der Waals surface area contributed by atoms with Crippen molar-refractivity contribution in [2.45, 2.75) is 53.1 Å². The first-order chi connectivity index (χ1) is 10.8. The lowest BCUT2D eigenvalue weighted by molar-refractivity contribution is 0.103. The summed E-state index contributed by atoms with van der Waals surface area (Å²) in [5.41, 5.74) is 1.24. The SMILES string of the molecule is CCCCN(/C=C/[C@@H](C)COCc1ccccc1)CCCC. The first-order valence-electron chi connectivity index (χ1n) is 8.80. The summed E-state index contributed by atoms with van der Waals surface area (Å²) in [5, 5.41) is 0. The van der Waals surface area contributed by atoms with E-state index in [1.54, 1.807) is 0 Å². The first-order valence-corrected chi connectivity index (χ1v) is 8.80. The maximum absolute atomic E-state index is 5.81. The molecule has 0 aliphatic heterocycles. The van der Waals surface area contributed by atoms with Gasteiger partial charge in [0.15, 0.2) is 0 Å². The van der Waals surface area contributed by atoms with Gasteiger partial charge >= 0.3 is 0 Å². The second-order valence-electron chi connectivity index (χ2n) is 6.06. The molecule has 0 bridgehead atoms. The van der Waals surface area contributed by atoms with Crippen LogP contribution in [-0.2, 0) is 11.3 Å². The average molecular weight is 303 g/mol. The van der Waals surface area contributed by atoms with Gasteiger partial charge in [0.05, 0.1) is 13.2 Å². The van der Waals surface area contributed by atoms with E-state index >= 15 is 0 Å². The van der Waals surface area contributed by atoms with Crippen molar-refractivity contribution < 1.29 is 4.74 Å². The van der Waals surface area contributed by atoms with Gasteiger partial charge in [-0.2, -0.15) is 0 Å². The van der Waals surface area contributed by atoms with Crippen LogP contribution in [0.4, 0.5) is 0 Å². The zero-order chi connectivity index (χ0) is 16.0. The largest absolute Gasteiger partial charge is 0.378 e. The predicted molar refractivity (Wildman–Crippen MR) is 95.8 cm³/mol. The number of unbranched alkanes of at least 4 members (excludes halogenated alkanes) is 2. The Kier molecular flexibility index (Phi) is 10.5. The van der Waals surface area contributed by atoms with Crippen LogP contribution >= 0.6 is 0 Å². The van der Waals surface area contributed by atoms with Crippen LogP contribution in [0, 0.1) is 5.92 Å². The maximum Gasteiger partial charge on any atom is 0.0717 e. The Morgan fingerprint density at radius 1 is 1.05 bits per heavy atom. The van der Waals surface area contributed by atoms with Crippen LogP contribution in [0.5, 0.6) is 0 Å². The first kappa shape index (κ1) is 18.8. The van der Waals surface area contributed by atoms with Crippen LogP contribution < -0.4 is 0 Å². The lowest BCUT2D eigenvalue weighted by Crippen LogP contribution is -2.20. The van der Waals surface area contributed by atoms with Crippen molar-refractivity contribution in [3.63, 3.8) is 0 Å². The Balaban J connectivity index is 2.28. The molecule has 0 spiro atoms. The van der Waals surface area contributed by atoms with E-state index in [0.29, 0.717) is 12.5 Å². The highest BCUT2D eigenvalue weighted by molar-refractivity contribution is 5.13. The fraction of sp³-hybridized carbons (Fsp3) is 0.600. The van der Waals surface area contributed by atoms with Gasteiger partial charge < -0.3 is 9.64 Å². The number of benzene rings is 1. The molecule has 1 aromatic rings. The molecule has 0 amide bonds. The molecule has 0 heterocycles. The van der Waals surface area contributed by atoms with Crippen LogP contribution in [0.2, 0.25) is 0 Å². The summed E-state index contributed by atoms with van der Waals surface area (Å²) >= 11 is 0. The maximum atomic E-state index is 5.81. The Morgan fingerprint density at radius 3 is 2.27 bits per heavy atom. The minimum Gasteiger partial charge on any atom is -0.378 e. The van der Waals surface area contributed by atoms with Crippen molar-refractivity contribution in [1.29, 1.82) is 0 Å². The zero-order valence-corrected chi connectivity index (χ0v) is 14.6. The highest BCUT2D eigenvalue weighted by atomic mass is 16.5. The fourth-order valence-electron chi connectivity index (χ4n) is 2.24. The smallest absolute Gasteiger partial charge is 0.0717 e. The molecular weight excluding hydrogens is 270 g/mol. The number of rotatable bonds is 12. The summed E-state index contributed by atoms with van der Waals surface area (Å²) < 4.78 is 5.81. The second kappa shape index (κ2) is 12.3. The molecule has 0 aliphatic carbocycles. The molecule has 0 aliphatic rings. The molecule has 0 N–H and O–H groups in total. The third kappa shape index (κ3) is 8.89. The van der Waals surface area contributed by atoms with Gasteiger partial charge in [-0.25, -0.2) is 0 Å². The van der Waals surface area contributed by atoms with Crippen LogP contribution in [0.25, 0.3) is 0 Å². The lowest BCUT2D eigenvalue weighted by Gasteiger charge is -2.20. The average Bonchev–Trinajstić information content (AvgIpc) is 2.55. The summed E-state index contributed by atoms with van der Waals surface area (Å²) in [6, 6.07) is 10.4. The number of nitrogens with zero attached hydrogens (tertiary/aromatic N) is 1. The molecule has 22 heavy (non-hydrogen) atoms. The molecule has 0 saturated carbocycles. The second-order valence-corrected chi connectivity index (χ2v) is 6.06. The number of hydrogen-bond donors (Lipinski definition) is 0. The van der Waals surface area contributed by atoms with E-state index in [4.69, 9.17) is 4.74 Å². The Hall–Kier alpha value is -1.28. The van der Waals surface area contributed by atoms with Gasteiger partial charge in [0.25, 0.3) is 0 Å². The lowest BCUT2D eigenvalue weighted by atomic mass is 10.2. The van der Waals surface area contributed by atoms with E-state index in [1.807, 2.05) is 6.07 Å². The Bertz CT molecular complexity index is 380. The summed E-state index contributed by atoms with van der Waals surface area (Å²) in [6.07, 6.45) is 9.62. The normalized spacial score (nSPS) is 12.7. The van der Waals surface area contributed by atoms with Crippen molar-refractivity contribution in [3.05, 3.63) is 48.2 Å². The molecule has 1 atom stereocenters. The molecule has 0 unspecified atom stereocenters. The monoisotopic (exact) mass is 303 g/mol. The van der Waals surface area contributed by atoms with Gasteiger partial charge in [0.2, 0.25) is 0 Å². The van der Waals surface area contributed by atoms with E-state index in [0.717, 1.165) is 6.61 Å². The third-order valence-electron chi connectivity index (χ3n) is 3.72. The topological polar surface area (TPSA) is 12.5 Å². The van der Waals surface area contributed by atoms with E-state index in [2.05, 4.69) is 62.2 Å². The van der Waals surface area contributed by atoms with Gasteiger partial charge in [-0.15, -0.1) is 0 Å². The van der Waals surface area contributed by atoms with Crippen LogP contribution in [0.3, 0.4) is 0 Å². The molecule has 0 saturated heterocycles. The fourth-order valence-corrected chi connectivity index (χ4v) is 2.24. The molecule has 0 fully saturated rings. The molecule has 0 radical (unpaired) electrons. The number of ether oxygens (including phenoxy) is 1. The van der Waals surface area contributed by atoms with Crippen molar-refractivity contribution in [1.82, 2.24) is 4.90 Å². The van der Waals surface area contributed by atoms with E-state index in [-0.39, 0.29) is 0 Å². The molecule has 0 aromatic heterocycles. The van der Waals surface area contributed by atoms with Crippen molar-refractivity contribution in [2.75, 3.05) is 19.7 Å². The van der Waals surface area contributed by atoms with E-state index in [1.165, 1.54) is 44.3 Å². The van der Waals surface area contributed by atoms with Crippen molar-refractivity contribution in [2.24, 2.45) is 5.92 Å². The zero-order valence-electron chi connectivity index (χ0n) is 14.6. The highest BCUT2D eigenvalue weighted by Crippen LogP contribution is 2.06. The third-order valence-corrected chi connectivity index (χ3v) is 3.72. The van der Waals surface area contributed by atoms with E-state index in [9.17, 15) is 0 Å². The van der Waals surface area contributed by atoms with Crippen LogP contribution in [0.1, 0.15) is 52.0 Å². The van der Waals surface area contributed by atoms with Crippen molar-refractivity contribution >= 4 is 0 Å². The molecule has 1 aromatic carbocycles. The van der Waals surface area contributed by atoms with Gasteiger partial charge in [-0.3, -0.25) is 0 Å². The minimum absolute atomic E-state index is 0.453. The highest BCUT2D eigenvalue weighted by Gasteiger charge is 2.01. The number of hydrogen-bond acceptors (Lipinski definition) is 2.